The van der Waals surface area contributed by atoms with Crippen molar-refractivity contribution < 1.29 is 22.7 Å². The van der Waals surface area contributed by atoms with Crippen molar-refractivity contribution >= 4 is 22.2 Å². The van der Waals surface area contributed by atoms with Gasteiger partial charge in [-0.1, -0.05) is 13.8 Å². The summed E-state index contributed by atoms with van der Waals surface area (Å²) in [5.41, 5.74) is -0.651. The molecule has 1 unspecified atom stereocenters. The molecular formula is C17H34N4O5S. The summed E-state index contributed by atoms with van der Waals surface area (Å²) in [5, 5.41) is 2.67. The zero-order valence-corrected chi connectivity index (χ0v) is 18.3. The molecule has 0 aliphatic carbocycles. The molecule has 1 N–H and O–H groups in total. The van der Waals surface area contributed by atoms with Crippen molar-refractivity contribution in [3.63, 3.8) is 0 Å². The van der Waals surface area contributed by atoms with E-state index in [4.69, 9.17) is 4.74 Å². The monoisotopic (exact) mass is 406 g/mol. The number of rotatable bonds is 6. The van der Waals surface area contributed by atoms with E-state index in [1.807, 2.05) is 13.8 Å². The zero-order chi connectivity index (χ0) is 21.0. The summed E-state index contributed by atoms with van der Waals surface area (Å²) in [7, 11) is -0.524. The van der Waals surface area contributed by atoms with Crippen LogP contribution in [-0.4, -0.2) is 85.8 Å². The Kier molecular flexibility index (Phi) is 8.06. The predicted octanol–water partition coefficient (Wildman–Crippen LogP) is 0.876. The van der Waals surface area contributed by atoms with Gasteiger partial charge in [0.25, 0.3) is 10.2 Å². The third-order valence-corrected chi connectivity index (χ3v) is 5.97. The van der Waals surface area contributed by atoms with Gasteiger partial charge in [-0.3, -0.25) is 4.79 Å². The number of alkyl carbamates (subject to hydrolysis) is 1. The Morgan fingerprint density at radius 2 is 1.63 bits per heavy atom. The second kappa shape index (κ2) is 9.20. The summed E-state index contributed by atoms with van der Waals surface area (Å²) in [6.45, 7) is 10.3. The molecule has 0 radical (unpaired) electrons. The van der Waals surface area contributed by atoms with Crippen molar-refractivity contribution in [1.82, 2.24) is 18.8 Å². The van der Waals surface area contributed by atoms with Crippen molar-refractivity contribution in [2.75, 3.05) is 40.3 Å². The van der Waals surface area contributed by atoms with Crippen LogP contribution in [0.15, 0.2) is 0 Å². The standard InChI is InChI=1S/C17H34N4O5S/c1-13(2)12-14(18-16(23)26-17(3,4)5)15(22)20-8-10-21(11-9-20)27(24,25)19(6)7/h13-14H,8-12H2,1-7H3,(H,18,23). The Bertz CT molecular complexity index is 620. The van der Waals surface area contributed by atoms with E-state index in [0.717, 1.165) is 4.31 Å². The van der Waals surface area contributed by atoms with E-state index < -0.39 is 27.9 Å². The highest BCUT2D eigenvalue weighted by Crippen LogP contribution is 2.14. The highest BCUT2D eigenvalue weighted by atomic mass is 32.2. The lowest BCUT2D eigenvalue weighted by molar-refractivity contribution is -0.135. The van der Waals surface area contributed by atoms with Gasteiger partial charge in [-0.2, -0.15) is 17.0 Å². The topological polar surface area (TPSA) is 99.3 Å². The van der Waals surface area contributed by atoms with Crippen molar-refractivity contribution in [3.8, 4) is 0 Å². The van der Waals surface area contributed by atoms with E-state index in [1.165, 1.54) is 18.4 Å². The number of carbonyl (C=O) groups is 2. The lowest BCUT2D eigenvalue weighted by atomic mass is 10.0. The molecule has 0 aromatic heterocycles. The highest BCUT2D eigenvalue weighted by molar-refractivity contribution is 7.86. The summed E-state index contributed by atoms with van der Waals surface area (Å²) in [6, 6.07) is -0.697. The summed E-state index contributed by atoms with van der Waals surface area (Å²) < 4.78 is 32.2. The fourth-order valence-corrected chi connectivity index (χ4v) is 3.82. The van der Waals surface area contributed by atoms with Gasteiger partial charge in [0.15, 0.2) is 0 Å². The molecule has 1 atom stereocenters. The van der Waals surface area contributed by atoms with Crippen LogP contribution in [-0.2, 0) is 19.7 Å². The van der Waals surface area contributed by atoms with E-state index in [-0.39, 0.29) is 38.0 Å². The van der Waals surface area contributed by atoms with Crippen LogP contribution in [0.3, 0.4) is 0 Å². The molecule has 10 heteroatoms. The predicted molar refractivity (Wildman–Crippen MR) is 103 cm³/mol. The summed E-state index contributed by atoms with van der Waals surface area (Å²) in [4.78, 5) is 26.6. The highest BCUT2D eigenvalue weighted by Gasteiger charge is 2.34. The Labute approximate surface area is 163 Å². The van der Waals surface area contributed by atoms with E-state index in [2.05, 4.69) is 5.32 Å². The van der Waals surface area contributed by atoms with Crippen LogP contribution in [0.1, 0.15) is 41.0 Å². The van der Waals surface area contributed by atoms with Crippen LogP contribution >= 0.6 is 0 Å². The average Bonchev–Trinajstić information content (AvgIpc) is 2.51. The van der Waals surface area contributed by atoms with Gasteiger partial charge in [0.1, 0.15) is 11.6 Å². The maximum atomic E-state index is 12.9. The second-order valence-electron chi connectivity index (χ2n) is 8.34. The number of hydrogen-bond acceptors (Lipinski definition) is 5. The third kappa shape index (κ3) is 7.27. The Hall–Kier alpha value is -1.39. The minimum absolute atomic E-state index is 0.198. The van der Waals surface area contributed by atoms with Gasteiger partial charge in [-0.25, -0.2) is 4.79 Å². The molecule has 27 heavy (non-hydrogen) atoms. The van der Waals surface area contributed by atoms with Crippen molar-refractivity contribution in [2.45, 2.75) is 52.7 Å². The normalized spacial score (nSPS) is 17.9. The summed E-state index contributed by atoms with van der Waals surface area (Å²) in [5.74, 6) is -0.0132. The quantitative estimate of drug-likeness (QED) is 0.706. The van der Waals surface area contributed by atoms with Gasteiger partial charge < -0.3 is 15.0 Å². The number of hydrogen-bond donors (Lipinski definition) is 1. The van der Waals surface area contributed by atoms with Crippen LogP contribution < -0.4 is 5.32 Å². The molecule has 0 aromatic rings. The zero-order valence-electron chi connectivity index (χ0n) is 17.5. The summed E-state index contributed by atoms with van der Waals surface area (Å²) in [6.07, 6.45) is -0.149. The minimum atomic E-state index is -3.49. The van der Waals surface area contributed by atoms with E-state index in [9.17, 15) is 18.0 Å². The summed E-state index contributed by atoms with van der Waals surface area (Å²) >= 11 is 0. The van der Waals surface area contributed by atoms with Crippen LogP contribution in [0.25, 0.3) is 0 Å². The molecule has 0 aromatic carbocycles. The van der Waals surface area contributed by atoms with Crippen LogP contribution in [0.5, 0.6) is 0 Å². The maximum absolute atomic E-state index is 12.9. The van der Waals surface area contributed by atoms with E-state index >= 15 is 0 Å². The molecule has 0 spiro atoms. The molecule has 1 aliphatic rings. The first kappa shape index (κ1) is 23.6. The number of carbonyl (C=O) groups excluding carboxylic acids is 2. The van der Waals surface area contributed by atoms with E-state index in [1.54, 1.807) is 25.7 Å². The van der Waals surface area contributed by atoms with E-state index in [0.29, 0.717) is 6.42 Å². The smallest absolute Gasteiger partial charge is 0.408 e. The van der Waals surface area contributed by atoms with Gasteiger partial charge >= 0.3 is 6.09 Å². The number of amides is 2. The molecule has 2 amide bonds. The molecule has 1 aliphatic heterocycles. The van der Waals surface area contributed by atoms with Gasteiger partial charge in [0, 0.05) is 40.3 Å². The number of nitrogens with one attached hydrogen (secondary N) is 1. The first-order valence-corrected chi connectivity index (χ1v) is 10.6. The molecule has 158 valence electrons. The van der Waals surface area contributed by atoms with Crippen molar-refractivity contribution in [2.24, 2.45) is 5.92 Å². The minimum Gasteiger partial charge on any atom is -0.444 e. The molecule has 1 rings (SSSR count). The average molecular weight is 407 g/mol. The first-order valence-electron chi connectivity index (χ1n) is 9.20. The fraction of sp³-hybridized carbons (Fsp3) is 0.882. The molecule has 1 heterocycles. The van der Waals surface area contributed by atoms with Gasteiger partial charge in [-0.15, -0.1) is 0 Å². The number of ether oxygens (including phenoxy) is 1. The number of nitrogens with zero attached hydrogens (tertiary/aromatic N) is 3. The Morgan fingerprint density at radius 1 is 1.11 bits per heavy atom. The van der Waals surface area contributed by atoms with Gasteiger partial charge in [-0.05, 0) is 33.1 Å². The third-order valence-electron chi connectivity index (χ3n) is 4.03. The van der Waals surface area contributed by atoms with Crippen LogP contribution in [0.4, 0.5) is 4.79 Å². The SMILES string of the molecule is CC(C)CC(NC(=O)OC(C)(C)C)C(=O)N1CCN(S(=O)(=O)N(C)C)CC1. The first-order chi connectivity index (χ1) is 12.2. The molecular weight excluding hydrogens is 372 g/mol. The lowest BCUT2D eigenvalue weighted by Gasteiger charge is -2.37. The molecule has 0 bridgehead atoms. The van der Waals surface area contributed by atoms with Gasteiger partial charge in [0.05, 0.1) is 0 Å². The second-order valence-corrected chi connectivity index (χ2v) is 10.5. The molecule has 0 saturated carbocycles. The Balaban J connectivity index is 2.76. The fourth-order valence-electron chi connectivity index (χ4n) is 2.73. The largest absolute Gasteiger partial charge is 0.444 e. The van der Waals surface area contributed by atoms with Crippen molar-refractivity contribution in [3.05, 3.63) is 0 Å². The van der Waals surface area contributed by atoms with Crippen LogP contribution in [0.2, 0.25) is 0 Å². The van der Waals surface area contributed by atoms with Crippen LogP contribution in [0, 0.1) is 5.92 Å². The van der Waals surface area contributed by atoms with Gasteiger partial charge in [0.2, 0.25) is 5.91 Å². The number of piperazine rings is 1. The maximum Gasteiger partial charge on any atom is 0.408 e. The Morgan fingerprint density at radius 3 is 2.04 bits per heavy atom. The molecule has 9 nitrogen and oxygen atoms in total. The molecule has 1 saturated heterocycles. The lowest BCUT2D eigenvalue weighted by Crippen LogP contribution is -2.57. The molecule has 1 fully saturated rings. The van der Waals surface area contributed by atoms with Crippen molar-refractivity contribution in [1.29, 1.82) is 0 Å².